The maximum absolute atomic E-state index is 12.9. The van der Waals surface area contributed by atoms with Crippen LogP contribution in [0.25, 0.3) is 0 Å². The van der Waals surface area contributed by atoms with E-state index in [4.69, 9.17) is 21.1 Å². The summed E-state index contributed by atoms with van der Waals surface area (Å²) >= 11 is 0. The van der Waals surface area contributed by atoms with E-state index in [0.717, 1.165) is 0 Å². The Hall–Kier alpha value is -4.24. The lowest BCUT2D eigenvalue weighted by atomic mass is 10.0. The number of nitrogens with two attached hydrogens (primary N) is 1. The molecule has 9 N–H and O–H groups in total. The lowest BCUT2D eigenvalue weighted by molar-refractivity contribution is -0.142. The number of rotatable bonds is 17. The first-order chi connectivity index (χ1) is 17.0. The second kappa shape index (κ2) is 15.7. The molecule has 0 bridgehead atoms. The molecule has 0 rings (SSSR count). The minimum Gasteiger partial charge on any atom is -0.481 e. The van der Waals surface area contributed by atoms with E-state index in [9.17, 15) is 38.4 Å². The van der Waals surface area contributed by atoms with Crippen LogP contribution in [-0.4, -0.2) is 87.4 Å². The maximum Gasteiger partial charge on any atom is 0.305 e. The van der Waals surface area contributed by atoms with Gasteiger partial charge in [-0.1, -0.05) is 20.8 Å². The normalized spacial score (nSPS) is 13.8. The smallest absolute Gasteiger partial charge is 0.305 e. The van der Waals surface area contributed by atoms with Crippen LogP contribution in [0.1, 0.15) is 46.5 Å². The average Bonchev–Trinajstić information content (AvgIpc) is 2.76. The van der Waals surface area contributed by atoms with E-state index >= 15 is 0 Å². The fraction of sp³-hybridized carbons (Fsp3) is 0.619. The Morgan fingerprint density at radius 3 is 1.68 bits per heavy atom. The molecule has 0 aromatic rings. The lowest BCUT2D eigenvalue weighted by Crippen LogP contribution is -2.59. The fourth-order valence-corrected chi connectivity index (χ4v) is 2.94. The summed E-state index contributed by atoms with van der Waals surface area (Å²) in [6.07, 6.45) is -2.31. The van der Waals surface area contributed by atoms with E-state index < -0.39 is 103 Å². The Labute approximate surface area is 211 Å². The number of hydrogen-bond donors (Lipinski definition) is 8. The highest BCUT2D eigenvalue weighted by atomic mass is 16.4. The Bertz CT molecular complexity index is 905. The topological polar surface area (TPSA) is 271 Å². The highest BCUT2D eigenvalue weighted by molar-refractivity contribution is 5.96. The maximum atomic E-state index is 12.9. The molecule has 0 radical (unpaired) electrons. The van der Waals surface area contributed by atoms with Crippen molar-refractivity contribution in [2.45, 2.75) is 64.6 Å². The van der Waals surface area contributed by atoms with Gasteiger partial charge in [0.05, 0.1) is 19.4 Å². The molecule has 208 valence electrons. The van der Waals surface area contributed by atoms with E-state index in [2.05, 4.69) is 21.3 Å². The standard InChI is InChI=1S/C21H33N5O11/c1-9(2)17(21(37)25-12(7-16(32)33)19(35)23-8-13(22)27)26-20(36)11(4-5-14(28)29)24-18(34)10(3)6-15(30)31/h9-12,17H,4-8H2,1-3H3,(H2,22,27)(H,23,35)(H,24,34)(H,25,37)(H,26,36)(H,28,29)(H,30,31)(H,32,33)/t10-,11-,12-,17-/m0/s1. The van der Waals surface area contributed by atoms with Crippen molar-refractivity contribution in [1.29, 1.82) is 0 Å². The second-order valence-corrected chi connectivity index (χ2v) is 8.57. The summed E-state index contributed by atoms with van der Waals surface area (Å²) in [4.78, 5) is 94.1. The molecule has 0 fully saturated rings. The molecule has 0 spiro atoms. The van der Waals surface area contributed by atoms with Gasteiger partial charge in [-0.25, -0.2) is 0 Å². The number of aliphatic carboxylic acids is 3. The van der Waals surface area contributed by atoms with Crippen molar-refractivity contribution in [3.63, 3.8) is 0 Å². The molecule has 0 aromatic carbocycles. The minimum absolute atomic E-state index is 0.379. The Kier molecular flexibility index (Phi) is 13.9. The van der Waals surface area contributed by atoms with Crippen molar-refractivity contribution in [2.75, 3.05) is 6.54 Å². The first-order valence-corrected chi connectivity index (χ1v) is 11.2. The van der Waals surface area contributed by atoms with Gasteiger partial charge in [0.25, 0.3) is 0 Å². The van der Waals surface area contributed by atoms with Gasteiger partial charge in [0.2, 0.25) is 29.5 Å². The van der Waals surface area contributed by atoms with Crippen molar-refractivity contribution >= 4 is 47.4 Å². The Morgan fingerprint density at radius 2 is 1.22 bits per heavy atom. The van der Waals surface area contributed by atoms with E-state index in [0.29, 0.717) is 0 Å². The predicted molar refractivity (Wildman–Crippen MR) is 123 cm³/mol. The van der Waals surface area contributed by atoms with E-state index in [1.807, 2.05) is 0 Å². The molecule has 5 amide bonds. The van der Waals surface area contributed by atoms with Gasteiger partial charge in [-0.15, -0.1) is 0 Å². The molecule has 16 nitrogen and oxygen atoms in total. The first-order valence-electron chi connectivity index (χ1n) is 11.2. The van der Waals surface area contributed by atoms with Gasteiger partial charge in [0.15, 0.2) is 0 Å². The summed E-state index contributed by atoms with van der Waals surface area (Å²) in [5.41, 5.74) is 4.93. The second-order valence-electron chi connectivity index (χ2n) is 8.57. The first kappa shape index (κ1) is 32.8. The molecule has 4 atom stereocenters. The van der Waals surface area contributed by atoms with Crippen LogP contribution in [0.15, 0.2) is 0 Å². The van der Waals surface area contributed by atoms with E-state index in [1.54, 1.807) is 0 Å². The number of carboxylic acid groups (broad SMARTS) is 3. The van der Waals surface area contributed by atoms with Gasteiger partial charge in [0, 0.05) is 12.3 Å². The van der Waals surface area contributed by atoms with Crippen LogP contribution in [-0.2, 0) is 38.4 Å². The van der Waals surface area contributed by atoms with Crippen LogP contribution >= 0.6 is 0 Å². The summed E-state index contributed by atoms with van der Waals surface area (Å²) in [5, 5.41) is 35.7. The summed E-state index contributed by atoms with van der Waals surface area (Å²) < 4.78 is 0. The molecule has 37 heavy (non-hydrogen) atoms. The highest BCUT2D eigenvalue weighted by Gasteiger charge is 2.33. The van der Waals surface area contributed by atoms with Crippen LogP contribution < -0.4 is 27.0 Å². The third-order valence-electron chi connectivity index (χ3n) is 4.90. The summed E-state index contributed by atoms with van der Waals surface area (Å²) in [7, 11) is 0. The van der Waals surface area contributed by atoms with Gasteiger partial charge in [-0.2, -0.15) is 0 Å². The van der Waals surface area contributed by atoms with Crippen LogP contribution in [0.3, 0.4) is 0 Å². The summed E-state index contributed by atoms with van der Waals surface area (Å²) in [5.74, 6) is -10.3. The molecule has 0 unspecified atom stereocenters. The number of carbonyl (C=O) groups is 8. The van der Waals surface area contributed by atoms with Gasteiger partial charge in [-0.3, -0.25) is 38.4 Å². The van der Waals surface area contributed by atoms with Crippen molar-refractivity contribution in [1.82, 2.24) is 21.3 Å². The zero-order valence-corrected chi connectivity index (χ0v) is 20.6. The summed E-state index contributed by atoms with van der Waals surface area (Å²) in [6.45, 7) is 3.72. The fourth-order valence-electron chi connectivity index (χ4n) is 2.94. The third kappa shape index (κ3) is 13.4. The number of carbonyl (C=O) groups excluding carboxylic acids is 5. The minimum atomic E-state index is -1.62. The van der Waals surface area contributed by atoms with Crippen LogP contribution in [0.4, 0.5) is 0 Å². The molecule has 0 heterocycles. The zero-order chi connectivity index (χ0) is 28.9. The number of hydrogen-bond acceptors (Lipinski definition) is 8. The summed E-state index contributed by atoms with van der Waals surface area (Å²) in [6, 6.07) is -4.42. The predicted octanol–water partition coefficient (Wildman–Crippen LogP) is -2.85. The Morgan fingerprint density at radius 1 is 0.676 bits per heavy atom. The molecule has 16 heteroatoms. The van der Waals surface area contributed by atoms with Crippen molar-refractivity contribution in [2.24, 2.45) is 17.6 Å². The zero-order valence-electron chi connectivity index (χ0n) is 20.6. The molecule has 0 aliphatic rings. The van der Waals surface area contributed by atoms with Crippen LogP contribution in [0.2, 0.25) is 0 Å². The molecule has 0 aromatic heterocycles. The number of nitrogens with one attached hydrogen (secondary N) is 4. The van der Waals surface area contributed by atoms with Crippen molar-refractivity contribution in [3.05, 3.63) is 0 Å². The monoisotopic (exact) mass is 531 g/mol. The van der Waals surface area contributed by atoms with Gasteiger partial charge < -0.3 is 42.3 Å². The molecular formula is C21H33N5O11. The lowest BCUT2D eigenvalue weighted by Gasteiger charge is -2.27. The number of primary amides is 1. The molecular weight excluding hydrogens is 498 g/mol. The van der Waals surface area contributed by atoms with Crippen LogP contribution in [0, 0.1) is 11.8 Å². The van der Waals surface area contributed by atoms with E-state index in [1.165, 1.54) is 20.8 Å². The highest BCUT2D eigenvalue weighted by Crippen LogP contribution is 2.08. The number of carboxylic acids is 3. The van der Waals surface area contributed by atoms with Crippen LogP contribution in [0.5, 0.6) is 0 Å². The molecule has 0 aliphatic heterocycles. The van der Waals surface area contributed by atoms with E-state index in [-0.39, 0.29) is 6.42 Å². The number of amides is 5. The third-order valence-corrected chi connectivity index (χ3v) is 4.90. The van der Waals surface area contributed by atoms with Gasteiger partial charge >= 0.3 is 17.9 Å². The van der Waals surface area contributed by atoms with Gasteiger partial charge in [0.1, 0.15) is 18.1 Å². The molecule has 0 aliphatic carbocycles. The quantitative estimate of drug-likeness (QED) is 0.0945. The van der Waals surface area contributed by atoms with Gasteiger partial charge in [-0.05, 0) is 12.3 Å². The average molecular weight is 532 g/mol. The molecule has 0 saturated heterocycles. The Balaban J connectivity index is 5.66. The largest absolute Gasteiger partial charge is 0.481 e. The van der Waals surface area contributed by atoms with Crippen molar-refractivity contribution < 1.29 is 53.7 Å². The molecule has 0 saturated carbocycles. The van der Waals surface area contributed by atoms with Crippen molar-refractivity contribution in [3.8, 4) is 0 Å². The SMILES string of the molecule is CC(C)[C@H](NC(=O)[C@H](CCC(=O)O)NC(=O)[C@@H](C)CC(=O)O)C(=O)N[C@@H](CC(=O)O)C(=O)NCC(N)=O.